The van der Waals surface area contributed by atoms with Gasteiger partial charge in [-0.3, -0.25) is 10.0 Å². The van der Waals surface area contributed by atoms with E-state index in [4.69, 9.17) is 5.21 Å². The maximum atomic E-state index is 12.4. The molecule has 0 saturated heterocycles. The number of hydrogen-bond acceptors (Lipinski definition) is 4. The van der Waals surface area contributed by atoms with Crippen molar-refractivity contribution in [3.8, 4) is 0 Å². The zero-order valence-electron chi connectivity index (χ0n) is 13.3. The van der Waals surface area contributed by atoms with E-state index < -0.39 is 21.7 Å². The first-order chi connectivity index (χ1) is 11.5. The van der Waals surface area contributed by atoms with E-state index in [2.05, 4.69) is 0 Å². The number of benzene rings is 2. The van der Waals surface area contributed by atoms with Crippen molar-refractivity contribution >= 4 is 15.7 Å². The van der Waals surface area contributed by atoms with Gasteiger partial charge in [0, 0.05) is 0 Å². The summed E-state index contributed by atoms with van der Waals surface area (Å²) >= 11 is 0. The third-order valence-electron chi connectivity index (χ3n) is 3.86. The number of aryl methyl sites for hydroxylation is 1. The van der Waals surface area contributed by atoms with E-state index in [9.17, 15) is 13.2 Å². The summed E-state index contributed by atoms with van der Waals surface area (Å²) in [5, 5.41) is 8.89. The van der Waals surface area contributed by atoms with Crippen molar-refractivity contribution in [2.24, 2.45) is 5.92 Å². The Balaban J connectivity index is 2.02. The number of carbonyl (C=O) groups excluding carboxylic acids is 1. The summed E-state index contributed by atoms with van der Waals surface area (Å²) in [4.78, 5) is 12.0. The van der Waals surface area contributed by atoms with Gasteiger partial charge in [0.25, 0.3) is 0 Å². The largest absolute Gasteiger partial charge is 0.289 e. The number of sulfone groups is 1. The van der Waals surface area contributed by atoms with Gasteiger partial charge in [-0.25, -0.2) is 13.9 Å². The van der Waals surface area contributed by atoms with Gasteiger partial charge >= 0.3 is 0 Å². The van der Waals surface area contributed by atoms with Crippen molar-refractivity contribution in [2.45, 2.75) is 24.2 Å². The number of hydrogen-bond donors (Lipinski definition) is 2. The van der Waals surface area contributed by atoms with Crippen LogP contribution in [0.4, 0.5) is 0 Å². The van der Waals surface area contributed by atoms with Gasteiger partial charge in [-0.05, 0) is 37.0 Å². The molecular weight excluding hydrogens is 326 g/mol. The molecule has 2 aromatic carbocycles. The third-order valence-corrected chi connectivity index (χ3v) is 5.70. The van der Waals surface area contributed by atoms with Gasteiger partial charge in [-0.2, -0.15) is 0 Å². The Morgan fingerprint density at radius 2 is 1.58 bits per heavy atom. The molecule has 0 aromatic heterocycles. The number of amides is 1. The molecule has 128 valence electrons. The van der Waals surface area contributed by atoms with Crippen LogP contribution in [0, 0.1) is 5.92 Å². The average Bonchev–Trinajstić information content (AvgIpc) is 2.62. The standard InChI is InChI=1S/C18H21NO4S/c20-18(19-21)16(11-7-10-15-8-3-1-4-9-15)14-24(22,23)17-12-5-2-6-13-17/h1-6,8-9,12-13,16,21H,7,10-11,14H2,(H,19,20). The van der Waals surface area contributed by atoms with Gasteiger partial charge in [-0.15, -0.1) is 0 Å². The Morgan fingerprint density at radius 1 is 1.00 bits per heavy atom. The van der Waals surface area contributed by atoms with Gasteiger partial charge in [0.05, 0.1) is 16.6 Å². The molecule has 1 amide bonds. The Hall–Kier alpha value is -2.18. The molecule has 5 nitrogen and oxygen atoms in total. The summed E-state index contributed by atoms with van der Waals surface area (Å²) in [5.74, 6) is -1.77. The van der Waals surface area contributed by atoms with Crippen LogP contribution in [0.3, 0.4) is 0 Å². The monoisotopic (exact) mass is 347 g/mol. The Morgan fingerprint density at radius 3 is 2.17 bits per heavy atom. The molecule has 24 heavy (non-hydrogen) atoms. The van der Waals surface area contributed by atoms with Gasteiger partial charge in [0.1, 0.15) is 0 Å². The summed E-state index contributed by atoms with van der Waals surface area (Å²) < 4.78 is 24.9. The summed E-state index contributed by atoms with van der Waals surface area (Å²) in [6.07, 6.45) is 1.79. The molecule has 0 bridgehead atoms. The van der Waals surface area contributed by atoms with Crippen LogP contribution < -0.4 is 5.48 Å². The molecule has 6 heteroatoms. The second-order valence-corrected chi connectivity index (χ2v) is 7.68. The normalized spacial score (nSPS) is 12.5. The van der Waals surface area contributed by atoms with Crippen molar-refractivity contribution in [1.29, 1.82) is 0 Å². The minimum Gasteiger partial charge on any atom is -0.289 e. The van der Waals surface area contributed by atoms with Crippen LogP contribution >= 0.6 is 0 Å². The van der Waals surface area contributed by atoms with Crippen LogP contribution in [0.5, 0.6) is 0 Å². The maximum Gasteiger partial charge on any atom is 0.247 e. The highest BCUT2D eigenvalue weighted by molar-refractivity contribution is 7.91. The highest BCUT2D eigenvalue weighted by Gasteiger charge is 2.26. The second kappa shape index (κ2) is 8.61. The number of rotatable bonds is 8. The predicted octanol–water partition coefficient (Wildman–Crippen LogP) is 2.60. The number of carbonyl (C=O) groups is 1. The molecule has 0 spiro atoms. The Labute approximate surface area is 142 Å². The molecule has 0 aliphatic carbocycles. The first kappa shape index (κ1) is 18.2. The van der Waals surface area contributed by atoms with Gasteiger partial charge in [0.15, 0.2) is 9.84 Å². The fraction of sp³-hybridized carbons (Fsp3) is 0.278. The van der Waals surface area contributed by atoms with Crippen molar-refractivity contribution in [3.63, 3.8) is 0 Å². The van der Waals surface area contributed by atoms with Crippen LogP contribution in [0.15, 0.2) is 65.6 Å². The molecular formula is C18H21NO4S. The molecule has 0 saturated carbocycles. The fourth-order valence-electron chi connectivity index (χ4n) is 2.57. The lowest BCUT2D eigenvalue weighted by atomic mass is 10.0. The van der Waals surface area contributed by atoms with Crippen LogP contribution in [-0.4, -0.2) is 25.3 Å². The van der Waals surface area contributed by atoms with E-state index in [0.717, 1.165) is 12.0 Å². The van der Waals surface area contributed by atoms with Gasteiger partial charge in [-0.1, -0.05) is 48.5 Å². The molecule has 0 fully saturated rings. The Bertz CT molecular complexity index is 745. The molecule has 0 aliphatic rings. The lowest BCUT2D eigenvalue weighted by molar-refractivity contribution is -0.132. The van der Waals surface area contributed by atoms with E-state index >= 15 is 0 Å². The third kappa shape index (κ3) is 5.18. The quantitative estimate of drug-likeness (QED) is 0.568. The van der Waals surface area contributed by atoms with E-state index in [1.54, 1.807) is 23.7 Å². The van der Waals surface area contributed by atoms with E-state index in [0.29, 0.717) is 12.8 Å². The molecule has 0 heterocycles. The van der Waals surface area contributed by atoms with Crippen molar-refractivity contribution < 1.29 is 18.4 Å². The van der Waals surface area contributed by atoms with Gasteiger partial charge in [0.2, 0.25) is 5.91 Å². The smallest absolute Gasteiger partial charge is 0.247 e. The first-order valence-corrected chi connectivity index (χ1v) is 9.44. The van der Waals surface area contributed by atoms with E-state index in [1.165, 1.54) is 12.1 Å². The number of nitrogens with one attached hydrogen (secondary N) is 1. The lowest BCUT2D eigenvalue weighted by Crippen LogP contribution is -2.33. The summed E-state index contributed by atoms with van der Waals surface area (Å²) in [5.41, 5.74) is 2.72. The van der Waals surface area contributed by atoms with Crippen molar-refractivity contribution in [2.75, 3.05) is 5.75 Å². The summed E-state index contributed by atoms with van der Waals surface area (Å²) in [6.45, 7) is 0. The fourth-order valence-corrected chi connectivity index (χ4v) is 4.18. The Kier molecular flexibility index (Phi) is 6.52. The molecule has 1 unspecified atom stereocenters. The zero-order valence-corrected chi connectivity index (χ0v) is 14.1. The topological polar surface area (TPSA) is 83.5 Å². The molecule has 0 radical (unpaired) electrons. The minimum absolute atomic E-state index is 0.184. The van der Waals surface area contributed by atoms with Gasteiger partial charge < -0.3 is 0 Å². The second-order valence-electron chi connectivity index (χ2n) is 5.65. The summed E-state index contributed by atoms with van der Waals surface area (Å²) in [6, 6.07) is 17.8. The highest BCUT2D eigenvalue weighted by Crippen LogP contribution is 2.18. The van der Waals surface area contributed by atoms with Crippen LogP contribution in [0.1, 0.15) is 18.4 Å². The molecule has 2 aromatic rings. The molecule has 0 aliphatic heterocycles. The molecule has 1 atom stereocenters. The first-order valence-electron chi connectivity index (χ1n) is 7.78. The highest BCUT2D eigenvalue weighted by atomic mass is 32.2. The van der Waals surface area contributed by atoms with Crippen molar-refractivity contribution in [3.05, 3.63) is 66.2 Å². The lowest BCUT2D eigenvalue weighted by Gasteiger charge is -2.15. The average molecular weight is 347 g/mol. The van der Waals surface area contributed by atoms with Crippen molar-refractivity contribution in [1.82, 2.24) is 5.48 Å². The predicted molar refractivity (Wildman–Crippen MR) is 91.3 cm³/mol. The van der Waals surface area contributed by atoms with E-state index in [-0.39, 0.29) is 10.6 Å². The van der Waals surface area contributed by atoms with Crippen LogP contribution in [0.25, 0.3) is 0 Å². The minimum atomic E-state index is -3.58. The molecule has 2 rings (SSSR count). The SMILES string of the molecule is O=C(NO)C(CCCc1ccccc1)CS(=O)(=O)c1ccccc1. The summed E-state index contributed by atoms with van der Waals surface area (Å²) in [7, 11) is -3.58. The van der Waals surface area contributed by atoms with E-state index in [1.807, 2.05) is 30.3 Å². The van der Waals surface area contributed by atoms with Crippen LogP contribution in [-0.2, 0) is 21.1 Å². The van der Waals surface area contributed by atoms with Crippen LogP contribution in [0.2, 0.25) is 0 Å². The number of hydroxylamine groups is 1. The molecule has 2 N–H and O–H groups in total. The zero-order chi connectivity index (χ0) is 17.4. The maximum absolute atomic E-state index is 12.4.